The summed E-state index contributed by atoms with van der Waals surface area (Å²) in [5.41, 5.74) is 1.18. The zero-order chi connectivity index (χ0) is 29.9. The molecule has 2 rings (SSSR count). The quantitative estimate of drug-likeness (QED) is 0.313. The van der Waals surface area contributed by atoms with Gasteiger partial charge in [-0.2, -0.15) is 0 Å². The fourth-order valence-electron chi connectivity index (χ4n) is 4.40. The molecule has 0 aromatic heterocycles. The molecule has 1 aromatic rings. The Morgan fingerprint density at radius 1 is 0.714 bits per heavy atom. The van der Waals surface area contributed by atoms with Crippen molar-refractivity contribution in [2.75, 3.05) is 92.5 Å². The zero-order valence-electron chi connectivity index (χ0n) is 25.7. The van der Waals surface area contributed by atoms with Gasteiger partial charge in [0.25, 0.3) is 0 Å². The lowest BCUT2D eigenvalue weighted by Crippen LogP contribution is -2.30. The Balaban J connectivity index is 1.81. The first-order valence-electron chi connectivity index (χ1n) is 15.8. The van der Waals surface area contributed by atoms with Crippen LogP contribution in [0.25, 0.3) is 0 Å². The van der Waals surface area contributed by atoms with E-state index in [2.05, 4.69) is 6.92 Å². The first-order chi connectivity index (χ1) is 20.7. The molecule has 0 amide bonds. The molecule has 42 heavy (non-hydrogen) atoms. The molecule has 0 radical (unpaired) electrons. The van der Waals surface area contributed by atoms with Gasteiger partial charge in [0.1, 0.15) is 24.0 Å². The number of benzene rings is 1. The SMILES string of the molecule is CCCCCCCCCCc1ccc(OCC2COCCOCCOCCOCCOCCOCCO2)c(C(=O)O)c1. The second-order valence-electron chi connectivity index (χ2n) is 10.3. The van der Waals surface area contributed by atoms with Crippen molar-refractivity contribution in [1.82, 2.24) is 0 Å². The lowest BCUT2D eigenvalue weighted by atomic mass is 10.0. The second kappa shape index (κ2) is 25.7. The van der Waals surface area contributed by atoms with Crippen LogP contribution in [0.1, 0.15) is 74.2 Å². The summed E-state index contributed by atoms with van der Waals surface area (Å²) in [5, 5.41) is 9.83. The van der Waals surface area contributed by atoms with Crippen molar-refractivity contribution in [3.8, 4) is 5.75 Å². The molecule has 1 unspecified atom stereocenters. The van der Waals surface area contributed by atoms with Crippen LogP contribution in [0.3, 0.4) is 0 Å². The van der Waals surface area contributed by atoms with Crippen molar-refractivity contribution >= 4 is 5.97 Å². The summed E-state index contributed by atoms with van der Waals surface area (Å²) in [4.78, 5) is 12.0. The van der Waals surface area contributed by atoms with E-state index in [-0.39, 0.29) is 18.8 Å². The van der Waals surface area contributed by atoms with Crippen LogP contribution in [0.15, 0.2) is 18.2 Å². The van der Waals surface area contributed by atoms with Crippen LogP contribution in [0, 0.1) is 0 Å². The molecule has 0 saturated carbocycles. The van der Waals surface area contributed by atoms with E-state index < -0.39 is 12.1 Å². The molecule has 0 aliphatic carbocycles. The maximum atomic E-state index is 12.0. The largest absolute Gasteiger partial charge is 0.490 e. The van der Waals surface area contributed by atoms with Crippen LogP contribution >= 0.6 is 0 Å². The van der Waals surface area contributed by atoms with Gasteiger partial charge in [-0.1, -0.05) is 57.9 Å². The third-order valence-corrected chi connectivity index (χ3v) is 6.76. The molecule has 0 bridgehead atoms. The Kier molecular flexibility index (Phi) is 22.3. The van der Waals surface area contributed by atoms with Gasteiger partial charge >= 0.3 is 5.97 Å². The summed E-state index contributed by atoms with van der Waals surface area (Å²) in [6.07, 6.45) is 10.4. The monoisotopic (exact) mass is 598 g/mol. The fourth-order valence-corrected chi connectivity index (χ4v) is 4.40. The number of unbranched alkanes of at least 4 members (excludes halogenated alkanes) is 7. The summed E-state index contributed by atoms with van der Waals surface area (Å²) >= 11 is 0. The zero-order valence-corrected chi connectivity index (χ0v) is 25.7. The lowest BCUT2D eigenvalue weighted by Gasteiger charge is -2.20. The molecule has 10 nitrogen and oxygen atoms in total. The minimum absolute atomic E-state index is 0.148. The van der Waals surface area contributed by atoms with Gasteiger partial charge in [0.15, 0.2) is 0 Å². The predicted octanol–water partition coefficient (Wildman–Crippen LogP) is 4.95. The Bertz CT molecular complexity index is 769. The van der Waals surface area contributed by atoms with E-state index in [0.717, 1.165) is 24.8 Å². The van der Waals surface area contributed by atoms with Gasteiger partial charge in [0.2, 0.25) is 0 Å². The molecule has 1 N–H and O–H groups in total. The fraction of sp³-hybridized carbons (Fsp3) is 0.781. The van der Waals surface area contributed by atoms with Gasteiger partial charge in [-0.05, 0) is 30.5 Å². The maximum Gasteiger partial charge on any atom is 0.339 e. The van der Waals surface area contributed by atoms with Crippen LogP contribution in [-0.2, 0) is 39.6 Å². The van der Waals surface area contributed by atoms with Crippen LogP contribution in [-0.4, -0.2) is 110 Å². The van der Waals surface area contributed by atoms with E-state index in [1.165, 1.54) is 38.5 Å². The average Bonchev–Trinajstić information content (AvgIpc) is 2.99. The van der Waals surface area contributed by atoms with Crippen molar-refractivity contribution in [2.45, 2.75) is 70.8 Å². The molecule has 10 heteroatoms. The van der Waals surface area contributed by atoms with Crippen molar-refractivity contribution in [1.29, 1.82) is 0 Å². The molecular weight excluding hydrogens is 544 g/mol. The number of hydrogen-bond acceptors (Lipinski definition) is 9. The Hall–Kier alpha value is -1.79. The summed E-state index contributed by atoms with van der Waals surface area (Å²) in [6.45, 7) is 8.13. The maximum absolute atomic E-state index is 12.0. The minimum Gasteiger partial charge on any atom is -0.490 e. The van der Waals surface area contributed by atoms with E-state index in [0.29, 0.717) is 85.0 Å². The van der Waals surface area contributed by atoms with E-state index in [1.54, 1.807) is 12.1 Å². The minimum atomic E-state index is -1.00. The Morgan fingerprint density at radius 2 is 1.21 bits per heavy atom. The van der Waals surface area contributed by atoms with Gasteiger partial charge in [-0.3, -0.25) is 0 Å². The van der Waals surface area contributed by atoms with Gasteiger partial charge in [0.05, 0.1) is 85.9 Å². The lowest BCUT2D eigenvalue weighted by molar-refractivity contribution is -0.0663. The van der Waals surface area contributed by atoms with Gasteiger partial charge in [-0.25, -0.2) is 4.79 Å². The first-order valence-corrected chi connectivity index (χ1v) is 15.8. The highest BCUT2D eigenvalue weighted by Crippen LogP contribution is 2.22. The van der Waals surface area contributed by atoms with E-state index in [1.807, 2.05) is 6.07 Å². The molecule has 0 spiro atoms. The van der Waals surface area contributed by atoms with Crippen molar-refractivity contribution < 1.29 is 47.8 Å². The molecular formula is C32H54O10. The van der Waals surface area contributed by atoms with Crippen LogP contribution < -0.4 is 4.74 Å². The van der Waals surface area contributed by atoms with Gasteiger partial charge < -0.3 is 43.0 Å². The van der Waals surface area contributed by atoms with E-state index >= 15 is 0 Å². The number of aromatic carboxylic acids is 1. The first kappa shape index (κ1) is 36.4. The van der Waals surface area contributed by atoms with Crippen LogP contribution in [0.5, 0.6) is 5.75 Å². The average molecular weight is 599 g/mol. The number of carboxylic acid groups (broad SMARTS) is 1. The van der Waals surface area contributed by atoms with Crippen molar-refractivity contribution in [3.63, 3.8) is 0 Å². The Morgan fingerprint density at radius 3 is 1.76 bits per heavy atom. The highest BCUT2D eigenvalue weighted by atomic mass is 16.6. The molecule has 1 aromatic carbocycles. The number of rotatable bonds is 13. The molecule has 1 aliphatic heterocycles. The Labute approximate surface area is 252 Å². The molecule has 1 aliphatic rings. The number of aryl methyl sites for hydroxylation is 1. The molecule has 1 atom stereocenters. The highest BCUT2D eigenvalue weighted by Gasteiger charge is 2.16. The molecule has 242 valence electrons. The molecule has 1 fully saturated rings. The topological polar surface area (TPSA) is 111 Å². The second-order valence-corrected chi connectivity index (χ2v) is 10.3. The van der Waals surface area contributed by atoms with Crippen LogP contribution in [0.4, 0.5) is 0 Å². The smallest absolute Gasteiger partial charge is 0.339 e. The third-order valence-electron chi connectivity index (χ3n) is 6.76. The number of carboxylic acids is 1. The number of carbonyl (C=O) groups is 1. The summed E-state index contributed by atoms with van der Waals surface area (Å²) in [6, 6.07) is 5.44. The summed E-state index contributed by atoms with van der Waals surface area (Å²) in [7, 11) is 0. The van der Waals surface area contributed by atoms with E-state index in [4.69, 9.17) is 37.9 Å². The standard InChI is InChI=1S/C32H54O10/c1-2-3-4-5-6-7-8-9-10-28-11-12-31(30(25-28)32(33)34)42-27-29-26-40-22-21-38-18-17-36-14-13-35-15-16-37-19-20-39-23-24-41-29/h11-12,25,29H,2-10,13-24,26-27H2,1H3,(H,33,34). The molecule has 1 heterocycles. The third kappa shape index (κ3) is 18.7. The number of hydrogen-bond donors (Lipinski definition) is 1. The van der Waals surface area contributed by atoms with Crippen molar-refractivity contribution in [3.05, 3.63) is 29.3 Å². The van der Waals surface area contributed by atoms with Crippen LogP contribution in [0.2, 0.25) is 0 Å². The highest BCUT2D eigenvalue weighted by molar-refractivity contribution is 5.91. The summed E-state index contributed by atoms with van der Waals surface area (Å²) < 4.78 is 45.2. The van der Waals surface area contributed by atoms with Gasteiger partial charge in [0, 0.05) is 0 Å². The predicted molar refractivity (Wildman–Crippen MR) is 160 cm³/mol. The number of ether oxygens (including phenoxy) is 8. The normalized spacial score (nSPS) is 19.5. The van der Waals surface area contributed by atoms with Crippen molar-refractivity contribution in [2.24, 2.45) is 0 Å². The summed E-state index contributed by atoms with van der Waals surface area (Å²) in [5.74, 6) is -0.677. The molecule has 1 saturated heterocycles. The van der Waals surface area contributed by atoms with E-state index in [9.17, 15) is 9.90 Å². The van der Waals surface area contributed by atoms with Gasteiger partial charge in [-0.15, -0.1) is 0 Å².